The van der Waals surface area contributed by atoms with E-state index in [0.29, 0.717) is 13.0 Å². The van der Waals surface area contributed by atoms with E-state index in [1.165, 1.54) is 0 Å². The van der Waals surface area contributed by atoms with Crippen molar-refractivity contribution in [3.63, 3.8) is 0 Å². The van der Waals surface area contributed by atoms with Gasteiger partial charge in [0.05, 0.1) is 18.6 Å². The van der Waals surface area contributed by atoms with E-state index in [2.05, 4.69) is 5.32 Å². The van der Waals surface area contributed by atoms with Crippen molar-refractivity contribution in [2.45, 2.75) is 31.3 Å². The zero-order valence-electron chi connectivity index (χ0n) is 9.78. The van der Waals surface area contributed by atoms with Crippen molar-refractivity contribution < 1.29 is 9.90 Å². The summed E-state index contributed by atoms with van der Waals surface area (Å²) in [4.78, 5) is 11.8. The Balaban J connectivity index is 1.98. The highest BCUT2D eigenvalue weighted by molar-refractivity contribution is 5.80. The van der Waals surface area contributed by atoms with Gasteiger partial charge in [-0.15, -0.1) is 0 Å². The van der Waals surface area contributed by atoms with Crippen LogP contribution in [0.25, 0.3) is 0 Å². The van der Waals surface area contributed by atoms with Crippen LogP contribution in [0.4, 0.5) is 0 Å². The monoisotopic (exact) mass is 234 g/mol. The Kier molecular flexibility index (Phi) is 3.45. The Bertz CT molecular complexity index is 414. The number of aliphatic hydroxyl groups is 1. The smallest absolute Gasteiger partial charge is 0.224 e. The van der Waals surface area contributed by atoms with Gasteiger partial charge in [-0.1, -0.05) is 24.3 Å². The number of hydrogen-bond acceptors (Lipinski definition) is 3. The molecule has 92 valence electrons. The first kappa shape index (κ1) is 12.1. The summed E-state index contributed by atoms with van der Waals surface area (Å²) in [6, 6.07) is 7.67. The highest BCUT2D eigenvalue weighted by Gasteiger charge is 2.43. The van der Waals surface area contributed by atoms with E-state index in [0.717, 1.165) is 24.0 Å². The van der Waals surface area contributed by atoms with E-state index in [9.17, 15) is 4.79 Å². The van der Waals surface area contributed by atoms with Crippen LogP contribution in [0.5, 0.6) is 0 Å². The van der Waals surface area contributed by atoms with Crippen molar-refractivity contribution >= 4 is 5.91 Å². The standard InChI is InChI=1S/C13H18N2O2/c14-8-11-4-2-1-3-10(11)7-12(17)15-13(9-16)5-6-13/h1-4,16H,5-9,14H2,(H,15,17). The van der Waals surface area contributed by atoms with Crippen molar-refractivity contribution in [3.05, 3.63) is 35.4 Å². The highest BCUT2D eigenvalue weighted by atomic mass is 16.3. The van der Waals surface area contributed by atoms with E-state index in [1.807, 2.05) is 24.3 Å². The molecule has 0 unspecified atom stereocenters. The Morgan fingerprint density at radius 1 is 1.35 bits per heavy atom. The van der Waals surface area contributed by atoms with Crippen molar-refractivity contribution in [1.82, 2.24) is 5.32 Å². The van der Waals surface area contributed by atoms with Crippen LogP contribution < -0.4 is 11.1 Å². The number of aliphatic hydroxyl groups excluding tert-OH is 1. The molecular formula is C13H18N2O2. The number of benzene rings is 1. The summed E-state index contributed by atoms with van der Waals surface area (Å²) in [6.07, 6.45) is 2.07. The molecule has 4 heteroatoms. The molecule has 1 aromatic rings. The fourth-order valence-corrected chi connectivity index (χ4v) is 1.92. The molecule has 1 aliphatic carbocycles. The summed E-state index contributed by atoms with van der Waals surface area (Å²) >= 11 is 0. The first-order valence-electron chi connectivity index (χ1n) is 5.88. The molecule has 0 radical (unpaired) electrons. The second kappa shape index (κ2) is 4.85. The summed E-state index contributed by atoms with van der Waals surface area (Å²) in [5, 5.41) is 12.0. The molecule has 1 aromatic carbocycles. The second-order valence-corrected chi connectivity index (χ2v) is 4.64. The normalized spacial score (nSPS) is 16.6. The zero-order chi connectivity index (χ0) is 12.3. The summed E-state index contributed by atoms with van der Waals surface area (Å²) in [5.41, 5.74) is 7.24. The van der Waals surface area contributed by atoms with E-state index in [4.69, 9.17) is 10.8 Å². The van der Waals surface area contributed by atoms with Crippen LogP contribution in [-0.4, -0.2) is 23.2 Å². The lowest BCUT2D eigenvalue weighted by molar-refractivity contribution is -0.121. The first-order valence-corrected chi connectivity index (χ1v) is 5.88. The predicted octanol–water partition coefficient (Wildman–Crippen LogP) is 0.329. The predicted molar refractivity (Wildman–Crippen MR) is 65.2 cm³/mol. The van der Waals surface area contributed by atoms with E-state index < -0.39 is 0 Å². The van der Waals surface area contributed by atoms with Crippen molar-refractivity contribution in [2.75, 3.05) is 6.61 Å². The molecule has 1 amide bonds. The van der Waals surface area contributed by atoms with Gasteiger partial charge in [-0.05, 0) is 24.0 Å². The van der Waals surface area contributed by atoms with Gasteiger partial charge in [0.15, 0.2) is 0 Å². The molecule has 4 nitrogen and oxygen atoms in total. The van der Waals surface area contributed by atoms with Gasteiger partial charge in [-0.25, -0.2) is 0 Å². The molecule has 0 saturated heterocycles. The average Bonchev–Trinajstić information content (AvgIpc) is 3.10. The number of rotatable bonds is 5. The van der Waals surface area contributed by atoms with Gasteiger partial charge < -0.3 is 16.2 Å². The number of nitrogens with two attached hydrogens (primary N) is 1. The maximum absolute atomic E-state index is 11.8. The minimum Gasteiger partial charge on any atom is -0.394 e. The molecule has 17 heavy (non-hydrogen) atoms. The van der Waals surface area contributed by atoms with Crippen LogP contribution in [0.2, 0.25) is 0 Å². The lowest BCUT2D eigenvalue weighted by atomic mass is 10.0. The minimum absolute atomic E-state index is 0.0251. The lowest BCUT2D eigenvalue weighted by Gasteiger charge is -2.15. The molecule has 0 atom stereocenters. The Labute approximate surface area is 101 Å². The first-order chi connectivity index (χ1) is 8.19. The molecular weight excluding hydrogens is 216 g/mol. The number of nitrogens with one attached hydrogen (secondary N) is 1. The SMILES string of the molecule is NCc1ccccc1CC(=O)NC1(CO)CC1. The topological polar surface area (TPSA) is 75.4 Å². The summed E-state index contributed by atoms with van der Waals surface area (Å²) in [5.74, 6) is -0.0440. The molecule has 1 fully saturated rings. The van der Waals surface area contributed by atoms with E-state index >= 15 is 0 Å². The van der Waals surface area contributed by atoms with E-state index in [1.54, 1.807) is 0 Å². The molecule has 1 aliphatic rings. The third-order valence-electron chi connectivity index (χ3n) is 3.25. The van der Waals surface area contributed by atoms with Gasteiger partial charge in [0, 0.05) is 6.54 Å². The molecule has 0 aromatic heterocycles. The van der Waals surface area contributed by atoms with Crippen LogP contribution >= 0.6 is 0 Å². The second-order valence-electron chi connectivity index (χ2n) is 4.64. The fraction of sp³-hybridized carbons (Fsp3) is 0.462. The van der Waals surface area contributed by atoms with Crippen LogP contribution in [-0.2, 0) is 17.8 Å². The number of amides is 1. The molecule has 1 saturated carbocycles. The van der Waals surface area contributed by atoms with Gasteiger partial charge in [0.1, 0.15) is 0 Å². The lowest BCUT2D eigenvalue weighted by Crippen LogP contribution is -2.40. The third kappa shape index (κ3) is 2.84. The maximum Gasteiger partial charge on any atom is 0.224 e. The molecule has 0 heterocycles. The quantitative estimate of drug-likeness (QED) is 0.687. The van der Waals surface area contributed by atoms with Gasteiger partial charge in [0.2, 0.25) is 5.91 Å². The van der Waals surface area contributed by atoms with Crippen LogP contribution in [0.3, 0.4) is 0 Å². The summed E-state index contributed by atoms with van der Waals surface area (Å²) in [7, 11) is 0. The average molecular weight is 234 g/mol. The van der Waals surface area contributed by atoms with Crippen LogP contribution in [0.15, 0.2) is 24.3 Å². The fourth-order valence-electron chi connectivity index (χ4n) is 1.92. The number of hydrogen-bond donors (Lipinski definition) is 3. The summed E-state index contributed by atoms with van der Waals surface area (Å²) in [6.45, 7) is 0.464. The number of carbonyl (C=O) groups excluding carboxylic acids is 1. The van der Waals surface area contributed by atoms with Crippen molar-refractivity contribution in [3.8, 4) is 0 Å². The van der Waals surface area contributed by atoms with E-state index in [-0.39, 0.29) is 18.1 Å². The minimum atomic E-state index is -0.339. The number of carbonyl (C=O) groups is 1. The van der Waals surface area contributed by atoms with Crippen LogP contribution in [0, 0.1) is 0 Å². The van der Waals surface area contributed by atoms with Gasteiger partial charge >= 0.3 is 0 Å². The molecule has 0 bridgehead atoms. The summed E-state index contributed by atoms with van der Waals surface area (Å²) < 4.78 is 0. The van der Waals surface area contributed by atoms with Crippen LogP contribution in [0.1, 0.15) is 24.0 Å². The zero-order valence-corrected chi connectivity index (χ0v) is 9.78. The Morgan fingerprint density at radius 2 is 2.00 bits per heavy atom. The molecule has 4 N–H and O–H groups in total. The molecule has 0 spiro atoms. The highest BCUT2D eigenvalue weighted by Crippen LogP contribution is 2.34. The largest absolute Gasteiger partial charge is 0.394 e. The van der Waals surface area contributed by atoms with Gasteiger partial charge in [-0.2, -0.15) is 0 Å². The third-order valence-corrected chi connectivity index (χ3v) is 3.25. The maximum atomic E-state index is 11.8. The molecule has 2 rings (SSSR count). The molecule has 0 aliphatic heterocycles. The van der Waals surface area contributed by atoms with Gasteiger partial charge in [-0.3, -0.25) is 4.79 Å². The van der Waals surface area contributed by atoms with Crippen molar-refractivity contribution in [1.29, 1.82) is 0 Å². The van der Waals surface area contributed by atoms with Crippen molar-refractivity contribution in [2.24, 2.45) is 5.73 Å². The Morgan fingerprint density at radius 3 is 2.53 bits per heavy atom. The Hall–Kier alpha value is -1.39. The van der Waals surface area contributed by atoms with Gasteiger partial charge in [0.25, 0.3) is 0 Å².